The van der Waals surface area contributed by atoms with Gasteiger partial charge in [0.25, 0.3) is 0 Å². The number of nitrogens with two attached hydrogens (primary N) is 1. The van der Waals surface area contributed by atoms with Crippen molar-refractivity contribution in [3.63, 3.8) is 0 Å². The summed E-state index contributed by atoms with van der Waals surface area (Å²) in [6.07, 6.45) is 0.839. The van der Waals surface area contributed by atoms with Crippen LogP contribution in [0.5, 0.6) is 5.75 Å². The van der Waals surface area contributed by atoms with Crippen LogP contribution in [0.15, 0.2) is 12.1 Å². The number of phenolic OH excluding ortho intramolecular Hbond substituents is 1. The highest BCUT2D eigenvalue weighted by atomic mass is 16.3. The van der Waals surface area contributed by atoms with E-state index in [4.69, 9.17) is 5.73 Å². The van der Waals surface area contributed by atoms with E-state index < -0.39 is 0 Å². The minimum absolute atomic E-state index is 0.0332. The molecule has 0 aliphatic rings. The summed E-state index contributed by atoms with van der Waals surface area (Å²) >= 11 is 0. The lowest BCUT2D eigenvalue weighted by molar-refractivity contribution is 0.468. The molecule has 0 saturated heterocycles. The Morgan fingerprint density at radius 3 is 2.54 bits per heavy atom. The van der Waals surface area contributed by atoms with Gasteiger partial charge in [0.1, 0.15) is 5.75 Å². The number of hydrogen-bond donors (Lipinski definition) is 2. The molecule has 3 N–H and O–H groups in total. The summed E-state index contributed by atoms with van der Waals surface area (Å²) in [6, 6.07) is 3.82. The lowest BCUT2D eigenvalue weighted by Gasteiger charge is -2.12. The fourth-order valence-corrected chi connectivity index (χ4v) is 1.53. The van der Waals surface area contributed by atoms with Gasteiger partial charge in [-0.2, -0.15) is 0 Å². The van der Waals surface area contributed by atoms with Crippen molar-refractivity contribution >= 4 is 0 Å². The molecule has 0 heterocycles. The number of benzene rings is 1. The van der Waals surface area contributed by atoms with Crippen LogP contribution in [-0.2, 0) is 6.42 Å². The summed E-state index contributed by atoms with van der Waals surface area (Å²) in [4.78, 5) is 0. The first kappa shape index (κ1) is 10.1. The summed E-state index contributed by atoms with van der Waals surface area (Å²) < 4.78 is 0. The van der Waals surface area contributed by atoms with Gasteiger partial charge in [-0.25, -0.2) is 0 Å². The highest BCUT2D eigenvalue weighted by molar-refractivity contribution is 5.42. The Hall–Kier alpha value is -1.02. The van der Waals surface area contributed by atoms with E-state index in [1.807, 2.05) is 26.8 Å². The maximum Gasteiger partial charge on any atom is 0.119 e. The van der Waals surface area contributed by atoms with Crippen LogP contribution in [0.1, 0.15) is 36.6 Å². The van der Waals surface area contributed by atoms with Gasteiger partial charge in [-0.05, 0) is 43.0 Å². The highest BCUT2D eigenvalue weighted by Gasteiger charge is 2.07. The van der Waals surface area contributed by atoms with E-state index in [-0.39, 0.29) is 6.04 Å². The minimum Gasteiger partial charge on any atom is -0.508 e. The third-order valence-corrected chi connectivity index (χ3v) is 2.34. The number of rotatable bonds is 2. The number of aryl methyl sites for hydroxylation is 2. The first-order valence-electron chi connectivity index (χ1n) is 4.64. The van der Waals surface area contributed by atoms with E-state index in [9.17, 15) is 5.11 Å². The van der Waals surface area contributed by atoms with E-state index in [1.54, 1.807) is 6.07 Å². The van der Waals surface area contributed by atoms with Gasteiger partial charge < -0.3 is 10.8 Å². The van der Waals surface area contributed by atoms with E-state index in [2.05, 4.69) is 0 Å². The van der Waals surface area contributed by atoms with Crippen LogP contribution in [-0.4, -0.2) is 5.11 Å². The fraction of sp³-hybridized carbons (Fsp3) is 0.455. The molecule has 1 atom stereocenters. The topological polar surface area (TPSA) is 46.2 Å². The van der Waals surface area contributed by atoms with E-state index in [0.29, 0.717) is 5.75 Å². The van der Waals surface area contributed by atoms with Gasteiger partial charge in [0.05, 0.1) is 0 Å². The molecule has 0 amide bonds. The third-order valence-electron chi connectivity index (χ3n) is 2.34. The van der Waals surface area contributed by atoms with Crippen molar-refractivity contribution in [1.82, 2.24) is 0 Å². The Morgan fingerprint density at radius 1 is 1.46 bits per heavy atom. The zero-order chi connectivity index (χ0) is 10.0. The molecule has 1 unspecified atom stereocenters. The van der Waals surface area contributed by atoms with E-state index in [1.165, 1.54) is 0 Å². The van der Waals surface area contributed by atoms with Crippen molar-refractivity contribution in [2.75, 3.05) is 0 Å². The van der Waals surface area contributed by atoms with Crippen LogP contribution in [0.3, 0.4) is 0 Å². The molecule has 0 spiro atoms. The average molecular weight is 179 g/mol. The molecule has 0 aliphatic carbocycles. The summed E-state index contributed by atoms with van der Waals surface area (Å²) in [5.41, 5.74) is 8.96. The molecule has 2 nitrogen and oxygen atoms in total. The van der Waals surface area contributed by atoms with Gasteiger partial charge in [0.15, 0.2) is 0 Å². The van der Waals surface area contributed by atoms with Gasteiger partial charge >= 0.3 is 0 Å². The van der Waals surface area contributed by atoms with Crippen LogP contribution in [0.2, 0.25) is 0 Å². The summed E-state index contributed by atoms with van der Waals surface area (Å²) in [7, 11) is 0. The third kappa shape index (κ3) is 2.01. The second-order valence-electron chi connectivity index (χ2n) is 3.48. The summed E-state index contributed by atoms with van der Waals surface area (Å²) in [5, 5.41) is 9.56. The number of aromatic hydroxyl groups is 1. The Bertz CT molecular complexity index is 305. The molecule has 0 fully saturated rings. The van der Waals surface area contributed by atoms with Gasteiger partial charge in [0.2, 0.25) is 0 Å². The van der Waals surface area contributed by atoms with Crippen molar-refractivity contribution in [3.05, 3.63) is 28.8 Å². The molecular formula is C11H17NO. The molecule has 13 heavy (non-hydrogen) atoms. The highest BCUT2D eigenvalue weighted by Crippen LogP contribution is 2.25. The molecule has 1 rings (SSSR count). The van der Waals surface area contributed by atoms with Crippen LogP contribution in [0.4, 0.5) is 0 Å². The molecule has 0 bridgehead atoms. The van der Waals surface area contributed by atoms with Crippen molar-refractivity contribution < 1.29 is 5.11 Å². The van der Waals surface area contributed by atoms with Crippen LogP contribution < -0.4 is 5.73 Å². The van der Waals surface area contributed by atoms with E-state index >= 15 is 0 Å². The quantitative estimate of drug-likeness (QED) is 0.731. The Kier molecular flexibility index (Phi) is 2.94. The minimum atomic E-state index is 0.0332. The molecule has 72 valence electrons. The predicted molar refractivity (Wildman–Crippen MR) is 54.8 cm³/mol. The zero-order valence-corrected chi connectivity index (χ0v) is 8.46. The molecule has 1 aromatic rings. The molecular weight excluding hydrogens is 162 g/mol. The van der Waals surface area contributed by atoms with Crippen molar-refractivity contribution in [1.29, 1.82) is 0 Å². The first-order chi connectivity index (χ1) is 6.06. The molecule has 0 radical (unpaired) electrons. The van der Waals surface area contributed by atoms with Crippen LogP contribution in [0, 0.1) is 6.92 Å². The second-order valence-corrected chi connectivity index (χ2v) is 3.48. The largest absolute Gasteiger partial charge is 0.508 e. The van der Waals surface area contributed by atoms with Crippen molar-refractivity contribution in [2.45, 2.75) is 33.2 Å². The molecule has 0 aliphatic heterocycles. The molecule has 1 aromatic carbocycles. The zero-order valence-electron chi connectivity index (χ0n) is 8.46. The monoisotopic (exact) mass is 179 g/mol. The standard InChI is InChI=1S/C11H17NO/c1-4-9-6-10(8(3)12)7(2)5-11(9)13/h5-6,8,13H,4,12H2,1-3H3. The van der Waals surface area contributed by atoms with E-state index in [0.717, 1.165) is 23.1 Å². The normalized spacial score (nSPS) is 12.9. The van der Waals surface area contributed by atoms with Gasteiger partial charge in [-0.3, -0.25) is 0 Å². The summed E-state index contributed by atoms with van der Waals surface area (Å²) in [5.74, 6) is 0.379. The predicted octanol–water partition coefficient (Wildman–Crippen LogP) is 2.28. The van der Waals surface area contributed by atoms with Gasteiger partial charge in [-0.1, -0.05) is 13.0 Å². The maximum atomic E-state index is 9.56. The van der Waals surface area contributed by atoms with Crippen molar-refractivity contribution in [3.8, 4) is 5.75 Å². The molecule has 2 heteroatoms. The lowest BCUT2D eigenvalue weighted by Crippen LogP contribution is -2.07. The SMILES string of the molecule is CCc1cc(C(C)N)c(C)cc1O. The molecule has 0 saturated carbocycles. The average Bonchev–Trinajstić information content (AvgIpc) is 2.03. The lowest BCUT2D eigenvalue weighted by atomic mass is 9.98. The summed E-state index contributed by atoms with van der Waals surface area (Å²) in [6.45, 7) is 5.95. The Balaban J connectivity index is 3.22. The second kappa shape index (κ2) is 3.79. The Labute approximate surface area is 79.4 Å². The number of phenols is 1. The molecule has 0 aromatic heterocycles. The fourth-order valence-electron chi connectivity index (χ4n) is 1.53. The smallest absolute Gasteiger partial charge is 0.119 e. The van der Waals surface area contributed by atoms with Gasteiger partial charge in [0, 0.05) is 6.04 Å². The van der Waals surface area contributed by atoms with Gasteiger partial charge in [-0.15, -0.1) is 0 Å². The van der Waals surface area contributed by atoms with Crippen molar-refractivity contribution in [2.24, 2.45) is 5.73 Å². The van der Waals surface area contributed by atoms with Crippen LogP contribution in [0.25, 0.3) is 0 Å². The van der Waals surface area contributed by atoms with Crippen LogP contribution >= 0.6 is 0 Å². The number of hydrogen-bond acceptors (Lipinski definition) is 2. The maximum absolute atomic E-state index is 9.56. The first-order valence-corrected chi connectivity index (χ1v) is 4.64. The Morgan fingerprint density at radius 2 is 2.08 bits per heavy atom.